The Morgan fingerprint density at radius 2 is 1.71 bits per heavy atom. The Labute approximate surface area is 167 Å². The highest BCUT2D eigenvalue weighted by Crippen LogP contribution is 2.26. The lowest BCUT2D eigenvalue weighted by atomic mass is 10.1. The number of anilines is 3. The van der Waals surface area contributed by atoms with Crippen molar-refractivity contribution in [2.45, 2.75) is 24.6 Å². The number of aromatic nitrogens is 4. The predicted octanol–water partition coefficient (Wildman–Crippen LogP) is 4.65. The lowest BCUT2D eigenvalue weighted by Gasteiger charge is -2.08. The molecule has 0 atom stereocenters. The molecule has 4 aromatic rings. The van der Waals surface area contributed by atoms with Crippen molar-refractivity contribution in [3.8, 4) is 0 Å². The van der Waals surface area contributed by atoms with E-state index in [0.717, 1.165) is 16.2 Å². The molecule has 6 nitrogen and oxygen atoms in total. The maximum atomic E-state index is 5.88. The van der Waals surface area contributed by atoms with Gasteiger partial charge in [-0.2, -0.15) is 15.0 Å². The van der Waals surface area contributed by atoms with Gasteiger partial charge < -0.3 is 11.1 Å². The maximum Gasteiger partial charge on any atom is 0.232 e. The summed E-state index contributed by atoms with van der Waals surface area (Å²) in [7, 11) is 0. The molecule has 0 aliphatic heterocycles. The second kappa shape index (κ2) is 7.82. The van der Waals surface area contributed by atoms with E-state index in [1.54, 1.807) is 11.8 Å². The van der Waals surface area contributed by atoms with E-state index in [2.05, 4.69) is 39.3 Å². The molecule has 0 radical (unpaired) electrons. The summed E-state index contributed by atoms with van der Waals surface area (Å²) in [6.07, 6.45) is 0. The second-order valence-corrected chi connectivity index (χ2v) is 7.50. The van der Waals surface area contributed by atoms with E-state index in [1.165, 1.54) is 16.5 Å². The Balaban J connectivity index is 1.52. The summed E-state index contributed by atoms with van der Waals surface area (Å²) in [4.78, 5) is 17.6. The van der Waals surface area contributed by atoms with Crippen LogP contribution in [0.4, 0.5) is 17.6 Å². The summed E-state index contributed by atoms with van der Waals surface area (Å²) < 4.78 is 0. The molecule has 0 unspecified atom stereocenters. The van der Waals surface area contributed by atoms with Gasteiger partial charge in [-0.15, -0.1) is 0 Å². The summed E-state index contributed by atoms with van der Waals surface area (Å²) in [6, 6.07) is 18.2. The fourth-order valence-electron chi connectivity index (χ4n) is 2.86. The van der Waals surface area contributed by atoms with Gasteiger partial charge in [0.15, 0.2) is 0 Å². The number of nitrogen functional groups attached to an aromatic ring is 1. The molecule has 0 fully saturated rings. The molecule has 3 N–H and O–H groups in total. The lowest BCUT2D eigenvalue weighted by molar-refractivity contribution is 0.980. The van der Waals surface area contributed by atoms with Crippen LogP contribution in [0.25, 0.3) is 10.9 Å². The fourth-order valence-corrected chi connectivity index (χ4v) is 3.68. The Kier molecular flexibility index (Phi) is 5.08. The number of nitrogens with one attached hydrogen (secondary N) is 1. The first-order chi connectivity index (χ1) is 13.6. The fraction of sp³-hybridized carbons (Fsp3) is 0.143. The molecular weight excluding hydrogens is 368 g/mol. The van der Waals surface area contributed by atoms with Crippen LogP contribution < -0.4 is 11.1 Å². The van der Waals surface area contributed by atoms with E-state index in [1.807, 2.05) is 49.4 Å². The second-order valence-electron chi connectivity index (χ2n) is 6.51. The van der Waals surface area contributed by atoms with Gasteiger partial charge in [0.2, 0.25) is 11.9 Å². The Bertz CT molecular complexity index is 1130. The molecule has 0 bridgehead atoms. The molecule has 28 heavy (non-hydrogen) atoms. The average molecular weight is 389 g/mol. The molecule has 2 aromatic heterocycles. The summed E-state index contributed by atoms with van der Waals surface area (Å²) in [5.74, 6) is 1.80. The van der Waals surface area contributed by atoms with E-state index in [4.69, 9.17) is 10.7 Å². The first-order valence-electron chi connectivity index (χ1n) is 8.90. The number of para-hydroxylation sites is 1. The van der Waals surface area contributed by atoms with Crippen LogP contribution in [0.15, 0.2) is 59.6 Å². The topological polar surface area (TPSA) is 89.6 Å². The molecule has 0 saturated heterocycles. The molecule has 0 aliphatic carbocycles. The van der Waals surface area contributed by atoms with E-state index in [-0.39, 0.29) is 5.95 Å². The average Bonchev–Trinajstić information content (AvgIpc) is 2.68. The van der Waals surface area contributed by atoms with Crippen molar-refractivity contribution in [1.29, 1.82) is 0 Å². The number of nitrogens with two attached hydrogens (primary N) is 1. The summed E-state index contributed by atoms with van der Waals surface area (Å²) in [6.45, 7) is 4.14. The van der Waals surface area contributed by atoms with Crippen molar-refractivity contribution in [3.63, 3.8) is 0 Å². The van der Waals surface area contributed by atoms with Crippen LogP contribution in [0.2, 0.25) is 0 Å². The molecule has 140 valence electrons. The molecule has 0 saturated carbocycles. The number of fused-ring (bicyclic) bond motifs is 1. The van der Waals surface area contributed by atoms with Crippen LogP contribution in [-0.2, 0) is 5.75 Å². The van der Waals surface area contributed by atoms with Crippen molar-refractivity contribution >= 4 is 40.2 Å². The molecule has 7 heteroatoms. The minimum atomic E-state index is 0.197. The zero-order chi connectivity index (χ0) is 19.5. The van der Waals surface area contributed by atoms with E-state index >= 15 is 0 Å². The van der Waals surface area contributed by atoms with Gasteiger partial charge in [-0.25, -0.2) is 4.98 Å². The summed E-state index contributed by atoms with van der Waals surface area (Å²) in [5, 5.41) is 5.28. The Morgan fingerprint density at radius 3 is 2.54 bits per heavy atom. The van der Waals surface area contributed by atoms with Gasteiger partial charge in [-0.3, -0.25) is 0 Å². The third-order valence-corrected chi connectivity index (χ3v) is 5.16. The van der Waals surface area contributed by atoms with Crippen molar-refractivity contribution in [1.82, 2.24) is 19.9 Å². The highest BCUT2D eigenvalue weighted by Gasteiger charge is 2.08. The van der Waals surface area contributed by atoms with E-state index < -0.39 is 0 Å². The van der Waals surface area contributed by atoms with Crippen LogP contribution >= 0.6 is 11.8 Å². The molecule has 2 heterocycles. The van der Waals surface area contributed by atoms with Crippen molar-refractivity contribution in [3.05, 3.63) is 71.5 Å². The molecule has 4 rings (SSSR count). The van der Waals surface area contributed by atoms with Crippen molar-refractivity contribution < 1.29 is 0 Å². The van der Waals surface area contributed by atoms with Crippen molar-refractivity contribution in [2.75, 3.05) is 11.1 Å². The normalized spacial score (nSPS) is 10.9. The number of hydrogen-bond acceptors (Lipinski definition) is 7. The van der Waals surface area contributed by atoms with Gasteiger partial charge in [0.05, 0.1) is 16.3 Å². The number of nitrogens with zero attached hydrogens (tertiary/aromatic N) is 4. The minimum absolute atomic E-state index is 0.197. The number of aryl methyl sites for hydroxylation is 2. The monoisotopic (exact) mass is 388 g/mol. The smallest absolute Gasteiger partial charge is 0.232 e. The molecular formula is C21H20N6S. The number of benzene rings is 2. The van der Waals surface area contributed by atoms with E-state index in [9.17, 15) is 0 Å². The molecule has 2 aromatic carbocycles. The SMILES string of the molecule is Cc1ccc(Nc2nc(N)nc(CSc3cc(C)c4ccccc4n3)n2)cc1. The quantitative estimate of drug-likeness (QED) is 0.481. The molecule has 0 spiro atoms. The van der Waals surface area contributed by atoms with Crippen LogP contribution in [0.1, 0.15) is 17.0 Å². The third-order valence-electron chi connectivity index (χ3n) is 4.26. The lowest BCUT2D eigenvalue weighted by Crippen LogP contribution is -2.06. The van der Waals surface area contributed by atoms with Crippen LogP contribution in [-0.4, -0.2) is 19.9 Å². The highest BCUT2D eigenvalue weighted by atomic mass is 32.2. The van der Waals surface area contributed by atoms with Crippen LogP contribution in [0.5, 0.6) is 0 Å². The van der Waals surface area contributed by atoms with Crippen LogP contribution in [0, 0.1) is 13.8 Å². The van der Waals surface area contributed by atoms with Gasteiger partial charge in [-0.1, -0.05) is 47.7 Å². The minimum Gasteiger partial charge on any atom is -0.368 e. The summed E-state index contributed by atoms with van der Waals surface area (Å²) >= 11 is 1.58. The number of thioether (sulfide) groups is 1. The third kappa shape index (κ3) is 4.20. The Hall–Kier alpha value is -3.19. The molecule has 0 aliphatic rings. The zero-order valence-electron chi connectivity index (χ0n) is 15.7. The Morgan fingerprint density at radius 1 is 0.929 bits per heavy atom. The van der Waals surface area contributed by atoms with Gasteiger partial charge in [0.1, 0.15) is 5.82 Å². The predicted molar refractivity (Wildman–Crippen MR) is 115 cm³/mol. The van der Waals surface area contributed by atoms with Gasteiger partial charge in [0.25, 0.3) is 0 Å². The number of hydrogen-bond donors (Lipinski definition) is 2. The maximum absolute atomic E-state index is 5.88. The standard InChI is InChI=1S/C21H20N6S/c1-13-7-9-15(10-8-13)23-21-26-18(25-20(22)27-21)12-28-19-11-14(2)16-5-3-4-6-17(16)24-19/h3-11H,12H2,1-2H3,(H3,22,23,25,26,27). The van der Waals surface area contributed by atoms with Gasteiger partial charge in [0, 0.05) is 11.1 Å². The number of pyridine rings is 1. The van der Waals surface area contributed by atoms with Crippen LogP contribution in [0.3, 0.4) is 0 Å². The zero-order valence-corrected chi connectivity index (χ0v) is 16.5. The van der Waals surface area contributed by atoms with E-state index in [0.29, 0.717) is 17.5 Å². The summed E-state index contributed by atoms with van der Waals surface area (Å²) in [5.41, 5.74) is 10.2. The first-order valence-corrected chi connectivity index (χ1v) is 9.89. The molecule has 0 amide bonds. The first kappa shape index (κ1) is 18.2. The highest BCUT2D eigenvalue weighted by molar-refractivity contribution is 7.98. The largest absolute Gasteiger partial charge is 0.368 e. The number of rotatable bonds is 5. The van der Waals surface area contributed by atoms with Crippen molar-refractivity contribution in [2.24, 2.45) is 0 Å². The van der Waals surface area contributed by atoms with Gasteiger partial charge >= 0.3 is 0 Å². The van der Waals surface area contributed by atoms with Gasteiger partial charge in [-0.05, 0) is 43.7 Å².